The van der Waals surface area contributed by atoms with Gasteiger partial charge in [-0.3, -0.25) is 9.78 Å². The van der Waals surface area contributed by atoms with Crippen LogP contribution in [0.4, 0.5) is 11.4 Å². The predicted octanol–water partition coefficient (Wildman–Crippen LogP) is 3.95. The SMILES string of the molecule is COc1ccccc1C(=O)Nc1ccc(NCc2ccncc2)cc1. The standard InChI is InChI=1S/C20H19N3O2/c1-25-19-5-3-2-4-18(19)20(24)23-17-8-6-16(7-9-17)22-14-15-10-12-21-13-11-15/h2-13,22H,14H2,1H3,(H,23,24). The molecule has 5 nitrogen and oxygen atoms in total. The Hall–Kier alpha value is -3.34. The van der Waals surface area contributed by atoms with Crippen LogP contribution in [0.3, 0.4) is 0 Å². The van der Waals surface area contributed by atoms with Crippen molar-refractivity contribution in [1.82, 2.24) is 4.98 Å². The number of aromatic nitrogens is 1. The predicted molar refractivity (Wildman–Crippen MR) is 99.0 cm³/mol. The highest BCUT2D eigenvalue weighted by Crippen LogP contribution is 2.20. The molecule has 3 aromatic rings. The Kier molecular flexibility index (Phi) is 5.26. The summed E-state index contributed by atoms with van der Waals surface area (Å²) in [5.41, 5.74) is 3.37. The van der Waals surface area contributed by atoms with E-state index in [-0.39, 0.29) is 5.91 Å². The molecule has 0 unspecified atom stereocenters. The second-order valence-corrected chi connectivity index (χ2v) is 5.44. The van der Waals surface area contributed by atoms with Crippen molar-refractivity contribution in [1.29, 1.82) is 0 Å². The molecule has 0 saturated carbocycles. The Bertz CT molecular complexity index is 833. The maximum absolute atomic E-state index is 12.4. The van der Waals surface area contributed by atoms with Gasteiger partial charge in [-0.2, -0.15) is 0 Å². The number of carbonyl (C=O) groups excluding carboxylic acids is 1. The summed E-state index contributed by atoms with van der Waals surface area (Å²) in [6.45, 7) is 0.718. The van der Waals surface area contributed by atoms with Crippen molar-refractivity contribution in [3.05, 3.63) is 84.2 Å². The highest BCUT2D eigenvalue weighted by atomic mass is 16.5. The van der Waals surface area contributed by atoms with Gasteiger partial charge in [0.05, 0.1) is 12.7 Å². The molecule has 0 aliphatic heterocycles. The number of pyridine rings is 1. The minimum Gasteiger partial charge on any atom is -0.496 e. The fraction of sp³-hybridized carbons (Fsp3) is 0.100. The average Bonchev–Trinajstić information content (AvgIpc) is 2.68. The van der Waals surface area contributed by atoms with Crippen molar-refractivity contribution < 1.29 is 9.53 Å². The number of rotatable bonds is 6. The molecule has 1 amide bonds. The van der Waals surface area contributed by atoms with Crippen molar-refractivity contribution in [3.8, 4) is 5.75 Å². The highest BCUT2D eigenvalue weighted by Gasteiger charge is 2.11. The maximum atomic E-state index is 12.4. The lowest BCUT2D eigenvalue weighted by molar-refractivity contribution is 0.102. The first-order chi connectivity index (χ1) is 12.3. The third kappa shape index (κ3) is 4.35. The van der Waals surface area contributed by atoms with Crippen molar-refractivity contribution >= 4 is 17.3 Å². The number of carbonyl (C=O) groups is 1. The number of methoxy groups -OCH3 is 1. The first-order valence-electron chi connectivity index (χ1n) is 7.93. The first-order valence-corrected chi connectivity index (χ1v) is 7.93. The van der Waals surface area contributed by atoms with Crippen molar-refractivity contribution in [2.24, 2.45) is 0 Å². The van der Waals surface area contributed by atoms with E-state index in [1.165, 1.54) is 0 Å². The molecular weight excluding hydrogens is 314 g/mol. The van der Waals surface area contributed by atoms with Gasteiger partial charge in [0, 0.05) is 30.3 Å². The van der Waals surface area contributed by atoms with Crippen molar-refractivity contribution in [2.75, 3.05) is 17.7 Å². The van der Waals surface area contributed by atoms with Gasteiger partial charge in [0.15, 0.2) is 0 Å². The molecule has 0 aliphatic carbocycles. The van der Waals surface area contributed by atoms with Gasteiger partial charge in [0.2, 0.25) is 0 Å². The van der Waals surface area contributed by atoms with E-state index in [0.29, 0.717) is 11.3 Å². The maximum Gasteiger partial charge on any atom is 0.259 e. The molecule has 0 saturated heterocycles. The molecule has 5 heteroatoms. The van der Waals surface area contributed by atoms with E-state index in [0.717, 1.165) is 23.5 Å². The van der Waals surface area contributed by atoms with Crippen LogP contribution in [0.15, 0.2) is 73.1 Å². The fourth-order valence-corrected chi connectivity index (χ4v) is 2.41. The Morgan fingerprint density at radius 2 is 1.64 bits per heavy atom. The molecule has 2 N–H and O–H groups in total. The average molecular weight is 333 g/mol. The monoisotopic (exact) mass is 333 g/mol. The molecular formula is C20H19N3O2. The third-order valence-corrected chi connectivity index (χ3v) is 3.74. The van der Waals surface area contributed by atoms with E-state index < -0.39 is 0 Å². The third-order valence-electron chi connectivity index (χ3n) is 3.74. The van der Waals surface area contributed by atoms with Crippen LogP contribution in [0.2, 0.25) is 0 Å². The summed E-state index contributed by atoms with van der Waals surface area (Å²) >= 11 is 0. The zero-order valence-electron chi connectivity index (χ0n) is 13.9. The summed E-state index contributed by atoms with van der Waals surface area (Å²) < 4.78 is 5.22. The lowest BCUT2D eigenvalue weighted by atomic mass is 10.2. The summed E-state index contributed by atoms with van der Waals surface area (Å²) in [5, 5.41) is 6.21. The summed E-state index contributed by atoms with van der Waals surface area (Å²) in [6, 6.07) is 18.7. The second kappa shape index (κ2) is 7.97. The van der Waals surface area contributed by atoms with Crippen LogP contribution in [0.25, 0.3) is 0 Å². The molecule has 3 rings (SSSR count). The van der Waals surface area contributed by atoms with Crippen molar-refractivity contribution in [2.45, 2.75) is 6.54 Å². The van der Waals surface area contributed by atoms with Crippen LogP contribution in [-0.2, 0) is 6.54 Å². The Morgan fingerprint density at radius 1 is 0.960 bits per heavy atom. The number of hydrogen-bond acceptors (Lipinski definition) is 4. The van der Waals surface area contributed by atoms with E-state index in [9.17, 15) is 4.79 Å². The summed E-state index contributed by atoms with van der Waals surface area (Å²) in [6.07, 6.45) is 3.54. The molecule has 0 radical (unpaired) electrons. The molecule has 1 heterocycles. The lowest BCUT2D eigenvalue weighted by Crippen LogP contribution is -2.13. The Labute approximate surface area is 146 Å². The minimum absolute atomic E-state index is 0.199. The van der Waals surface area contributed by atoms with E-state index in [1.54, 1.807) is 31.6 Å². The number of ether oxygens (including phenoxy) is 1. The van der Waals surface area contributed by atoms with Gasteiger partial charge in [0.25, 0.3) is 5.91 Å². The summed E-state index contributed by atoms with van der Waals surface area (Å²) in [7, 11) is 1.55. The van der Waals surface area contributed by atoms with Crippen LogP contribution < -0.4 is 15.4 Å². The van der Waals surface area contributed by atoms with E-state index in [4.69, 9.17) is 4.74 Å². The highest BCUT2D eigenvalue weighted by molar-refractivity contribution is 6.06. The summed E-state index contributed by atoms with van der Waals surface area (Å²) in [4.78, 5) is 16.4. The van der Waals surface area contributed by atoms with Gasteiger partial charge >= 0.3 is 0 Å². The van der Waals surface area contributed by atoms with Crippen LogP contribution in [-0.4, -0.2) is 18.0 Å². The quantitative estimate of drug-likeness (QED) is 0.717. The molecule has 25 heavy (non-hydrogen) atoms. The van der Waals surface area contributed by atoms with Crippen LogP contribution in [0.5, 0.6) is 5.75 Å². The largest absolute Gasteiger partial charge is 0.496 e. The number of amides is 1. The topological polar surface area (TPSA) is 63.2 Å². The number of hydrogen-bond donors (Lipinski definition) is 2. The molecule has 1 aromatic heterocycles. The molecule has 0 spiro atoms. The summed E-state index contributed by atoms with van der Waals surface area (Å²) in [5.74, 6) is 0.352. The normalized spacial score (nSPS) is 10.1. The number of anilines is 2. The van der Waals surface area contributed by atoms with Gasteiger partial charge in [-0.1, -0.05) is 12.1 Å². The van der Waals surface area contributed by atoms with Crippen LogP contribution >= 0.6 is 0 Å². The van der Waals surface area contributed by atoms with Gasteiger partial charge in [-0.15, -0.1) is 0 Å². The molecule has 0 fully saturated rings. The zero-order chi connectivity index (χ0) is 17.5. The number of benzene rings is 2. The van der Waals surface area contributed by atoms with Gasteiger partial charge < -0.3 is 15.4 Å². The second-order valence-electron chi connectivity index (χ2n) is 5.44. The fourth-order valence-electron chi connectivity index (χ4n) is 2.41. The van der Waals surface area contributed by atoms with Crippen LogP contribution in [0.1, 0.15) is 15.9 Å². The van der Waals surface area contributed by atoms with Gasteiger partial charge in [-0.25, -0.2) is 0 Å². The van der Waals surface area contributed by atoms with Crippen LogP contribution in [0, 0.1) is 0 Å². The van der Waals surface area contributed by atoms with Crippen molar-refractivity contribution in [3.63, 3.8) is 0 Å². The number of nitrogens with one attached hydrogen (secondary N) is 2. The van der Waals surface area contributed by atoms with Gasteiger partial charge in [-0.05, 0) is 54.1 Å². The molecule has 2 aromatic carbocycles. The molecule has 0 atom stereocenters. The van der Waals surface area contributed by atoms with E-state index in [1.807, 2.05) is 48.5 Å². The Balaban J connectivity index is 1.61. The van der Waals surface area contributed by atoms with E-state index >= 15 is 0 Å². The number of nitrogens with zero attached hydrogens (tertiary/aromatic N) is 1. The molecule has 0 aliphatic rings. The zero-order valence-corrected chi connectivity index (χ0v) is 13.9. The van der Waals surface area contributed by atoms with E-state index in [2.05, 4.69) is 15.6 Å². The minimum atomic E-state index is -0.199. The number of para-hydroxylation sites is 1. The lowest BCUT2D eigenvalue weighted by Gasteiger charge is -2.10. The Morgan fingerprint density at radius 3 is 2.36 bits per heavy atom. The van der Waals surface area contributed by atoms with Gasteiger partial charge in [0.1, 0.15) is 5.75 Å². The smallest absolute Gasteiger partial charge is 0.259 e. The molecule has 0 bridgehead atoms. The first kappa shape index (κ1) is 16.5. The molecule has 126 valence electrons.